The molecule has 0 bridgehead atoms. The van der Waals surface area contributed by atoms with Crippen molar-refractivity contribution in [2.45, 2.75) is 32.0 Å². The highest BCUT2D eigenvalue weighted by atomic mass is 16.4. The molecule has 3 N–H and O–H groups in total. The quantitative estimate of drug-likeness (QED) is 0.508. The highest BCUT2D eigenvalue weighted by molar-refractivity contribution is 5.77. The normalized spacial score (nSPS) is 19.6. The van der Waals surface area contributed by atoms with Gasteiger partial charge < -0.3 is 15.3 Å². The summed E-state index contributed by atoms with van der Waals surface area (Å²) in [6, 6.07) is 0. The summed E-state index contributed by atoms with van der Waals surface area (Å²) in [5, 5.41) is 26.3. The van der Waals surface area contributed by atoms with Crippen LogP contribution in [-0.2, 0) is 4.79 Å². The number of hydrogen-bond donors (Lipinski definition) is 3. The molecule has 0 saturated heterocycles. The number of rotatable bonds is 3. The second kappa shape index (κ2) is 2.98. The van der Waals surface area contributed by atoms with Gasteiger partial charge in [-0.2, -0.15) is 0 Å². The van der Waals surface area contributed by atoms with Crippen LogP contribution in [0.1, 0.15) is 20.3 Å². The first-order valence-electron chi connectivity index (χ1n) is 3.09. The van der Waals surface area contributed by atoms with Gasteiger partial charge in [-0.15, -0.1) is 0 Å². The molecule has 10 heavy (non-hydrogen) atoms. The monoisotopic (exact) mass is 148 g/mol. The maximum Gasteiger partial charge on any atom is 0.338 e. The summed E-state index contributed by atoms with van der Waals surface area (Å²) < 4.78 is 0. The van der Waals surface area contributed by atoms with Crippen LogP contribution < -0.4 is 0 Å². The van der Waals surface area contributed by atoms with Crippen molar-refractivity contribution in [3.8, 4) is 0 Å². The number of aliphatic hydroxyl groups excluding tert-OH is 1. The van der Waals surface area contributed by atoms with Gasteiger partial charge >= 0.3 is 5.97 Å². The first kappa shape index (κ1) is 9.39. The van der Waals surface area contributed by atoms with E-state index in [1.165, 1.54) is 13.8 Å². The molecule has 0 aromatic rings. The van der Waals surface area contributed by atoms with E-state index in [2.05, 4.69) is 0 Å². The van der Waals surface area contributed by atoms with E-state index in [0.29, 0.717) is 0 Å². The molecule has 0 aromatic heterocycles. The van der Waals surface area contributed by atoms with Crippen LogP contribution in [0.25, 0.3) is 0 Å². The molecular formula is C6H12O4. The molecule has 4 heteroatoms. The summed E-state index contributed by atoms with van der Waals surface area (Å²) in [7, 11) is 0. The fourth-order valence-corrected chi connectivity index (χ4v) is 0.625. The van der Waals surface area contributed by atoms with Crippen molar-refractivity contribution in [3.05, 3.63) is 0 Å². The number of aliphatic hydroxyl groups is 2. The number of aliphatic carboxylic acids is 1. The molecular weight excluding hydrogens is 136 g/mol. The zero-order valence-corrected chi connectivity index (χ0v) is 6.03. The van der Waals surface area contributed by atoms with Crippen molar-refractivity contribution < 1.29 is 20.1 Å². The van der Waals surface area contributed by atoms with E-state index in [4.69, 9.17) is 15.3 Å². The Kier molecular flexibility index (Phi) is 2.80. The third-order valence-corrected chi connectivity index (χ3v) is 1.60. The van der Waals surface area contributed by atoms with Crippen molar-refractivity contribution >= 4 is 5.97 Å². The highest BCUT2D eigenvalue weighted by Crippen LogP contribution is 2.14. The van der Waals surface area contributed by atoms with Crippen molar-refractivity contribution in [2.24, 2.45) is 0 Å². The van der Waals surface area contributed by atoms with E-state index in [9.17, 15) is 4.79 Å². The lowest BCUT2D eigenvalue weighted by Crippen LogP contribution is -2.47. The number of carboxylic acids is 1. The van der Waals surface area contributed by atoms with Gasteiger partial charge in [0.05, 0.1) is 6.10 Å². The lowest BCUT2D eigenvalue weighted by Gasteiger charge is -2.24. The predicted molar refractivity (Wildman–Crippen MR) is 34.6 cm³/mol. The fraction of sp³-hybridized carbons (Fsp3) is 0.833. The Labute approximate surface area is 59.1 Å². The van der Waals surface area contributed by atoms with Gasteiger partial charge in [0.2, 0.25) is 0 Å². The SMILES string of the molecule is CC[C@](O)(C(=O)O)[C@@H](C)O. The molecule has 0 aliphatic heterocycles. The van der Waals surface area contributed by atoms with E-state index in [-0.39, 0.29) is 6.42 Å². The van der Waals surface area contributed by atoms with Gasteiger partial charge in [0.15, 0.2) is 5.60 Å². The molecule has 0 fully saturated rings. The topological polar surface area (TPSA) is 77.8 Å². The fourth-order valence-electron chi connectivity index (χ4n) is 0.625. The minimum absolute atomic E-state index is 0. The van der Waals surface area contributed by atoms with Crippen molar-refractivity contribution in [3.63, 3.8) is 0 Å². The standard InChI is InChI=1S/C6H12O4/c1-3-6(10,4(2)7)5(8)9/h4,7,10H,3H2,1-2H3,(H,8,9)/t4-,6-/m1/s1. The first-order chi connectivity index (χ1) is 4.45. The van der Waals surface area contributed by atoms with Crippen LogP contribution in [0, 0.1) is 0 Å². The van der Waals surface area contributed by atoms with Crippen molar-refractivity contribution in [1.29, 1.82) is 0 Å². The number of hydrogen-bond acceptors (Lipinski definition) is 3. The van der Waals surface area contributed by atoms with E-state index in [0.717, 1.165) is 0 Å². The Balaban J connectivity index is 4.38. The molecule has 0 aliphatic rings. The zero-order chi connectivity index (χ0) is 8.36. The minimum atomic E-state index is -1.99. The summed E-state index contributed by atoms with van der Waals surface area (Å²) in [4.78, 5) is 10.3. The number of carbonyl (C=O) groups is 1. The molecule has 0 saturated carbocycles. The lowest BCUT2D eigenvalue weighted by atomic mass is 9.95. The van der Waals surface area contributed by atoms with Crippen LogP contribution >= 0.6 is 0 Å². The van der Waals surface area contributed by atoms with Crippen molar-refractivity contribution in [1.82, 2.24) is 0 Å². The molecule has 60 valence electrons. The zero-order valence-electron chi connectivity index (χ0n) is 6.03. The van der Waals surface area contributed by atoms with E-state index in [1.54, 1.807) is 0 Å². The summed E-state index contributed by atoms with van der Waals surface area (Å²) >= 11 is 0. The smallest absolute Gasteiger partial charge is 0.338 e. The highest BCUT2D eigenvalue weighted by Gasteiger charge is 2.38. The molecule has 0 heterocycles. The molecule has 0 aliphatic carbocycles. The van der Waals surface area contributed by atoms with E-state index < -0.39 is 17.7 Å². The van der Waals surface area contributed by atoms with E-state index in [1.807, 2.05) is 0 Å². The Hall–Kier alpha value is -0.610. The molecule has 4 nitrogen and oxygen atoms in total. The largest absolute Gasteiger partial charge is 0.479 e. The molecule has 0 amide bonds. The van der Waals surface area contributed by atoms with Gasteiger partial charge in [-0.05, 0) is 13.3 Å². The molecule has 0 aromatic carbocycles. The van der Waals surface area contributed by atoms with E-state index >= 15 is 0 Å². The predicted octanol–water partition coefficient (Wildman–Crippen LogP) is -0.407. The van der Waals surface area contributed by atoms with Crippen LogP contribution in [0.2, 0.25) is 0 Å². The van der Waals surface area contributed by atoms with Crippen LogP contribution in [0.15, 0.2) is 0 Å². The Morgan fingerprint density at radius 3 is 2.10 bits per heavy atom. The second-order valence-electron chi connectivity index (χ2n) is 2.26. The van der Waals surface area contributed by atoms with Gasteiger partial charge in [-0.1, -0.05) is 6.92 Å². The Bertz CT molecular complexity index is 132. The lowest BCUT2D eigenvalue weighted by molar-refractivity contribution is -0.170. The maximum absolute atomic E-state index is 10.3. The minimum Gasteiger partial charge on any atom is -0.479 e. The first-order valence-corrected chi connectivity index (χ1v) is 3.09. The van der Waals surface area contributed by atoms with Crippen LogP contribution in [0.3, 0.4) is 0 Å². The maximum atomic E-state index is 10.3. The Morgan fingerprint density at radius 1 is 1.70 bits per heavy atom. The summed E-state index contributed by atoms with van der Waals surface area (Å²) in [6.45, 7) is 2.75. The van der Waals surface area contributed by atoms with Crippen LogP contribution in [0.4, 0.5) is 0 Å². The third-order valence-electron chi connectivity index (χ3n) is 1.60. The number of carboxylic acid groups (broad SMARTS) is 1. The summed E-state index contributed by atoms with van der Waals surface area (Å²) in [6.07, 6.45) is -1.24. The average Bonchev–Trinajstić information content (AvgIpc) is 1.85. The Morgan fingerprint density at radius 2 is 2.10 bits per heavy atom. The molecule has 0 spiro atoms. The van der Waals surface area contributed by atoms with Crippen LogP contribution in [0.5, 0.6) is 0 Å². The summed E-state index contributed by atoms with van der Waals surface area (Å²) in [5.41, 5.74) is -1.99. The van der Waals surface area contributed by atoms with Gasteiger partial charge in [-0.3, -0.25) is 0 Å². The average molecular weight is 148 g/mol. The second-order valence-corrected chi connectivity index (χ2v) is 2.26. The summed E-state index contributed by atoms with van der Waals surface area (Å²) in [5.74, 6) is -1.38. The van der Waals surface area contributed by atoms with Gasteiger partial charge in [-0.25, -0.2) is 4.79 Å². The van der Waals surface area contributed by atoms with Gasteiger partial charge in [0.25, 0.3) is 0 Å². The third kappa shape index (κ3) is 1.46. The van der Waals surface area contributed by atoms with Gasteiger partial charge in [0, 0.05) is 0 Å². The van der Waals surface area contributed by atoms with Crippen LogP contribution in [-0.4, -0.2) is 33.0 Å². The molecule has 0 radical (unpaired) electrons. The molecule has 2 atom stereocenters. The van der Waals surface area contributed by atoms with Gasteiger partial charge in [0.1, 0.15) is 0 Å². The van der Waals surface area contributed by atoms with Crippen molar-refractivity contribution in [2.75, 3.05) is 0 Å². The molecule has 0 unspecified atom stereocenters. The molecule has 0 rings (SSSR count).